The van der Waals surface area contributed by atoms with Gasteiger partial charge >= 0.3 is 12.3 Å². The molecule has 17 heavy (non-hydrogen) atoms. The normalized spacial score (nSPS) is 11.1. The highest BCUT2D eigenvalue weighted by Gasteiger charge is 2.33. The number of nitrogen functional groups attached to an aromatic ring is 1. The summed E-state index contributed by atoms with van der Waals surface area (Å²) in [5, 5.41) is 0. The second-order valence-electron chi connectivity index (χ2n) is 3.05. The number of hydrogen-bond acceptors (Lipinski definition) is 4. The molecule has 0 aliphatic rings. The number of halogens is 3. The first-order valence-corrected chi connectivity index (χ1v) is 4.68. The molecule has 0 radical (unpaired) electrons. The molecule has 4 nitrogen and oxygen atoms in total. The fourth-order valence-electron chi connectivity index (χ4n) is 1.03. The van der Waals surface area contributed by atoms with E-state index in [1.807, 2.05) is 0 Å². The molecule has 0 unspecified atom stereocenters. The minimum atomic E-state index is -4.87. The van der Waals surface area contributed by atoms with Crippen LogP contribution in [0.5, 0.6) is 11.5 Å². The number of benzene rings is 1. The topological polar surface area (TPSA) is 61.5 Å². The zero-order valence-electron chi connectivity index (χ0n) is 8.88. The van der Waals surface area contributed by atoms with Crippen molar-refractivity contribution in [3.8, 4) is 11.5 Å². The zero-order chi connectivity index (χ0) is 13.1. The number of carbonyl (C=O) groups excluding carboxylic acids is 1. The Morgan fingerprint density at radius 2 is 2.06 bits per heavy atom. The fourth-order valence-corrected chi connectivity index (χ4v) is 1.03. The Bertz CT molecular complexity index is 418. The molecule has 0 aliphatic heterocycles. The maximum atomic E-state index is 12.1. The van der Waals surface area contributed by atoms with Gasteiger partial charge in [-0.05, 0) is 12.1 Å². The van der Waals surface area contributed by atoms with Gasteiger partial charge in [-0.2, -0.15) is 0 Å². The van der Waals surface area contributed by atoms with Crippen LogP contribution in [0.15, 0.2) is 18.2 Å². The Labute approximate surface area is 95.1 Å². The van der Waals surface area contributed by atoms with Crippen molar-refractivity contribution in [1.82, 2.24) is 0 Å². The maximum Gasteiger partial charge on any atom is 0.573 e. The summed E-state index contributed by atoms with van der Waals surface area (Å²) in [7, 11) is 0. The van der Waals surface area contributed by atoms with E-state index in [-0.39, 0.29) is 12.1 Å². The Morgan fingerprint density at radius 1 is 1.41 bits per heavy atom. The van der Waals surface area contributed by atoms with Crippen LogP contribution in [0.4, 0.5) is 18.9 Å². The van der Waals surface area contributed by atoms with Crippen molar-refractivity contribution in [2.75, 3.05) is 5.73 Å². The van der Waals surface area contributed by atoms with Crippen LogP contribution in [0, 0.1) is 0 Å². The molecule has 0 saturated carbocycles. The summed E-state index contributed by atoms with van der Waals surface area (Å²) < 4.78 is 44.6. The van der Waals surface area contributed by atoms with E-state index >= 15 is 0 Å². The molecule has 0 heterocycles. The molecule has 1 aromatic rings. The lowest BCUT2D eigenvalue weighted by atomic mass is 10.3. The number of anilines is 1. The molecule has 0 aromatic heterocycles. The SMILES string of the molecule is CCC(=O)Oc1c(N)cccc1OC(F)(F)F. The number of nitrogens with two attached hydrogens (primary N) is 1. The molecule has 0 atom stereocenters. The lowest BCUT2D eigenvalue weighted by Crippen LogP contribution is -2.18. The Balaban J connectivity index is 3.04. The van der Waals surface area contributed by atoms with Crippen LogP contribution in [-0.4, -0.2) is 12.3 Å². The Morgan fingerprint density at radius 3 is 2.59 bits per heavy atom. The predicted octanol–water partition coefficient (Wildman–Crippen LogP) is 2.48. The minimum Gasteiger partial charge on any atom is -0.420 e. The predicted molar refractivity (Wildman–Crippen MR) is 53.5 cm³/mol. The van der Waals surface area contributed by atoms with Crippen LogP contribution in [0.25, 0.3) is 0 Å². The van der Waals surface area contributed by atoms with E-state index in [1.54, 1.807) is 0 Å². The molecule has 1 aromatic carbocycles. The first-order chi connectivity index (χ1) is 7.83. The highest BCUT2D eigenvalue weighted by molar-refractivity contribution is 5.76. The van der Waals surface area contributed by atoms with Crippen molar-refractivity contribution in [3.05, 3.63) is 18.2 Å². The van der Waals surface area contributed by atoms with Crippen LogP contribution in [0.1, 0.15) is 13.3 Å². The number of hydrogen-bond donors (Lipinski definition) is 1. The maximum absolute atomic E-state index is 12.1. The summed E-state index contributed by atoms with van der Waals surface area (Å²) in [6.07, 6.45) is -4.86. The van der Waals surface area contributed by atoms with Gasteiger partial charge < -0.3 is 15.2 Å². The zero-order valence-corrected chi connectivity index (χ0v) is 8.88. The second kappa shape index (κ2) is 4.94. The first-order valence-electron chi connectivity index (χ1n) is 4.68. The molecule has 1 rings (SSSR count). The van der Waals surface area contributed by atoms with E-state index in [9.17, 15) is 18.0 Å². The van der Waals surface area contributed by atoms with Crippen LogP contribution in [0.3, 0.4) is 0 Å². The lowest BCUT2D eigenvalue weighted by molar-refractivity contribution is -0.275. The van der Waals surface area contributed by atoms with Crippen molar-refractivity contribution >= 4 is 11.7 Å². The van der Waals surface area contributed by atoms with E-state index in [0.717, 1.165) is 6.07 Å². The van der Waals surface area contributed by atoms with Crippen molar-refractivity contribution in [1.29, 1.82) is 0 Å². The van der Waals surface area contributed by atoms with E-state index in [4.69, 9.17) is 5.73 Å². The molecular formula is C10H10F3NO3. The van der Waals surface area contributed by atoms with Crippen LogP contribution in [-0.2, 0) is 4.79 Å². The number of carbonyl (C=O) groups is 1. The molecule has 0 amide bonds. The average molecular weight is 249 g/mol. The van der Waals surface area contributed by atoms with Gasteiger partial charge in [0.15, 0.2) is 11.5 Å². The average Bonchev–Trinajstić information content (AvgIpc) is 2.20. The third kappa shape index (κ3) is 3.86. The van der Waals surface area contributed by atoms with E-state index in [0.29, 0.717) is 0 Å². The molecule has 0 bridgehead atoms. The monoisotopic (exact) mass is 249 g/mol. The number of ether oxygens (including phenoxy) is 2. The van der Waals surface area contributed by atoms with E-state index in [2.05, 4.69) is 9.47 Å². The van der Waals surface area contributed by atoms with Crippen molar-refractivity contribution < 1.29 is 27.4 Å². The van der Waals surface area contributed by atoms with Crippen LogP contribution < -0.4 is 15.2 Å². The molecular weight excluding hydrogens is 239 g/mol. The van der Waals surface area contributed by atoms with Gasteiger partial charge in [0.2, 0.25) is 0 Å². The fraction of sp³-hybridized carbons (Fsp3) is 0.300. The number of para-hydroxylation sites is 1. The summed E-state index contributed by atoms with van der Waals surface area (Å²) in [4.78, 5) is 11.0. The Hall–Kier alpha value is -1.92. The smallest absolute Gasteiger partial charge is 0.420 e. The molecule has 0 fully saturated rings. The molecule has 2 N–H and O–H groups in total. The first kappa shape index (κ1) is 13.1. The standard InChI is InChI=1S/C10H10F3NO3/c1-2-8(15)16-9-6(14)4-3-5-7(9)17-10(11,12)13/h3-5H,2,14H2,1H3. The molecule has 0 spiro atoms. The molecule has 94 valence electrons. The summed E-state index contributed by atoms with van der Waals surface area (Å²) >= 11 is 0. The van der Waals surface area contributed by atoms with Crippen LogP contribution in [0.2, 0.25) is 0 Å². The highest BCUT2D eigenvalue weighted by Crippen LogP contribution is 2.36. The third-order valence-electron chi connectivity index (χ3n) is 1.74. The highest BCUT2D eigenvalue weighted by atomic mass is 19.4. The van der Waals surface area contributed by atoms with Gasteiger partial charge in [0.25, 0.3) is 0 Å². The van der Waals surface area contributed by atoms with Gasteiger partial charge in [-0.1, -0.05) is 13.0 Å². The third-order valence-corrected chi connectivity index (χ3v) is 1.74. The largest absolute Gasteiger partial charge is 0.573 e. The number of rotatable bonds is 3. The van der Waals surface area contributed by atoms with Crippen molar-refractivity contribution in [2.45, 2.75) is 19.7 Å². The van der Waals surface area contributed by atoms with Crippen LogP contribution >= 0.6 is 0 Å². The van der Waals surface area contributed by atoms with Gasteiger partial charge in [-0.25, -0.2) is 0 Å². The Kier molecular flexibility index (Phi) is 3.82. The number of alkyl halides is 3. The van der Waals surface area contributed by atoms with E-state index in [1.165, 1.54) is 19.1 Å². The molecule has 7 heteroatoms. The van der Waals surface area contributed by atoms with E-state index < -0.39 is 23.8 Å². The summed E-state index contributed by atoms with van der Waals surface area (Å²) in [5.41, 5.74) is 5.32. The van der Waals surface area contributed by atoms with Crippen molar-refractivity contribution in [3.63, 3.8) is 0 Å². The van der Waals surface area contributed by atoms with Gasteiger partial charge in [0.1, 0.15) is 0 Å². The molecule has 0 aliphatic carbocycles. The van der Waals surface area contributed by atoms with Gasteiger partial charge in [-0.15, -0.1) is 13.2 Å². The lowest BCUT2D eigenvalue weighted by Gasteiger charge is -2.14. The quantitative estimate of drug-likeness (QED) is 0.508. The summed E-state index contributed by atoms with van der Waals surface area (Å²) in [6, 6.07) is 3.59. The summed E-state index contributed by atoms with van der Waals surface area (Å²) in [6.45, 7) is 1.51. The summed E-state index contributed by atoms with van der Waals surface area (Å²) in [5.74, 6) is -1.76. The van der Waals surface area contributed by atoms with Gasteiger partial charge in [-0.3, -0.25) is 4.79 Å². The number of esters is 1. The van der Waals surface area contributed by atoms with Crippen molar-refractivity contribution in [2.24, 2.45) is 0 Å². The molecule has 0 saturated heterocycles. The van der Waals surface area contributed by atoms with Gasteiger partial charge in [0.05, 0.1) is 5.69 Å². The van der Waals surface area contributed by atoms with Gasteiger partial charge in [0, 0.05) is 6.42 Å². The second-order valence-corrected chi connectivity index (χ2v) is 3.05. The minimum absolute atomic E-state index is 0.0137.